The molecule has 25 heavy (non-hydrogen) atoms. The molecule has 0 saturated heterocycles. The fourth-order valence-electron chi connectivity index (χ4n) is 3.04. The van der Waals surface area contributed by atoms with Gasteiger partial charge < -0.3 is 9.64 Å². The number of halogens is 3. The van der Waals surface area contributed by atoms with Crippen LogP contribution >= 0.6 is 0 Å². The maximum atomic E-state index is 13.4. The summed E-state index contributed by atoms with van der Waals surface area (Å²) in [7, 11) is 0. The first kappa shape index (κ1) is 17.3. The minimum absolute atomic E-state index is 0.0616. The molecule has 0 unspecified atom stereocenters. The largest absolute Gasteiger partial charge is 0.487 e. The zero-order valence-electron chi connectivity index (χ0n) is 14.1. The molecule has 0 N–H and O–H groups in total. The highest BCUT2D eigenvalue weighted by Gasteiger charge is 2.29. The Labute approximate surface area is 143 Å². The highest BCUT2D eigenvalue weighted by Crippen LogP contribution is 2.34. The highest BCUT2D eigenvalue weighted by molar-refractivity contribution is 5.96. The molecule has 0 saturated carbocycles. The summed E-state index contributed by atoms with van der Waals surface area (Å²) < 4.78 is 45.5. The van der Waals surface area contributed by atoms with Crippen LogP contribution in [0.25, 0.3) is 0 Å². The molecule has 134 valence electrons. The molecule has 3 rings (SSSR count). The summed E-state index contributed by atoms with van der Waals surface area (Å²) >= 11 is 0. The van der Waals surface area contributed by atoms with Crippen molar-refractivity contribution in [1.29, 1.82) is 0 Å². The number of ether oxygens (including phenoxy) is 1. The van der Waals surface area contributed by atoms with Gasteiger partial charge in [0.2, 0.25) is 5.91 Å². The second kappa shape index (κ2) is 6.42. The smallest absolute Gasteiger partial charge is 0.333 e. The number of benzene rings is 1. The lowest BCUT2D eigenvalue weighted by Gasteiger charge is -2.33. The van der Waals surface area contributed by atoms with Crippen LogP contribution in [0.1, 0.15) is 30.4 Å². The first-order valence-electron chi connectivity index (χ1n) is 7.87. The molecule has 1 aliphatic heterocycles. The fourth-order valence-corrected chi connectivity index (χ4v) is 3.04. The van der Waals surface area contributed by atoms with E-state index < -0.39 is 12.4 Å². The van der Waals surface area contributed by atoms with Crippen molar-refractivity contribution in [2.75, 3.05) is 11.4 Å². The van der Waals surface area contributed by atoms with Gasteiger partial charge in [0.15, 0.2) is 0 Å². The number of amides is 1. The van der Waals surface area contributed by atoms with E-state index in [0.717, 1.165) is 0 Å². The molecule has 0 bridgehead atoms. The van der Waals surface area contributed by atoms with E-state index in [1.165, 1.54) is 30.0 Å². The van der Waals surface area contributed by atoms with Crippen LogP contribution in [-0.2, 0) is 11.2 Å². The molecule has 0 fully saturated rings. The average Bonchev–Trinajstić information content (AvgIpc) is 2.81. The summed E-state index contributed by atoms with van der Waals surface area (Å²) in [4.78, 5) is 14.3. The van der Waals surface area contributed by atoms with Crippen LogP contribution in [-0.4, -0.2) is 28.3 Å². The number of fused-ring (bicyclic) bond motifs is 1. The summed E-state index contributed by atoms with van der Waals surface area (Å²) in [5.74, 6) is -0.433. The van der Waals surface area contributed by atoms with Crippen LogP contribution in [0.15, 0.2) is 18.2 Å². The van der Waals surface area contributed by atoms with Crippen LogP contribution in [0.3, 0.4) is 0 Å². The molecule has 2 heterocycles. The first-order chi connectivity index (χ1) is 11.8. The third-order valence-corrected chi connectivity index (χ3v) is 4.27. The van der Waals surface area contributed by atoms with Gasteiger partial charge in [0.05, 0.1) is 24.3 Å². The molecule has 5 nitrogen and oxygen atoms in total. The molecule has 8 heteroatoms. The van der Waals surface area contributed by atoms with Gasteiger partial charge in [0.25, 0.3) is 0 Å². The number of carbonyl (C=O) groups is 1. The minimum atomic E-state index is -2.75. The van der Waals surface area contributed by atoms with Crippen LogP contribution in [0.5, 0.6) is 5.75 Å². The summed E-state index contributed by atoms with van der Waals surface area (Å²) in [6.07, 6.45) is -0.363. The Balaban J connectivity index is 1.90. The number of aryl methyl sites for hydroxylation is 1. The van der Waals surface area contributed by atoms with E-state index >= 15 is 0 Å². The zero-order chi connectivity index (χ0) is 18.3. The first-order valence-corrected chi connectivity index (χ1v) is 7.87. The molecule has 0 spiro atoms. The van der Waals surface area contributed by atoms with Crippen LogP contribution < -0.4 is 9.64 Å². The summed E-state index contributed by atoms with van der Waals surface area (Å²) in [5.41, 5.74) is 1.61. The van der Waals surface area contributed by atoms with E-state index in [-0.39, 0.29) is 24.1 Å². The lowest BCUT2D eigenvalue weighted by molar-refractivity contribution is -0.118. The van der Waals surface area contributed by atoms with Crippen molar-refractivity contribution < 1.29 is 22.7 Å². The monoisotopic (exact) mass is 353 g/mol. The van der Waals surface area contributed by atoms with Crippen molar-refractivity contribution in [2.24, 2.45) is 0 Å². The number of carbonyl (C=O) groups excluding carboxylic acids is 1. The Morgan fingerprint density at radius 1 is 1.40 bits per heavy atom. The maximum absolute atomic E-state index is 13.4. The number of nitrogens with zero attached hydrogens (tertiary/aromatic N) is 3. The molecule has 0 radical (unpaired) electrons. The van der Waals surface area contributed by atoms with E-state index in [4.69, 9.17) is 4.74 Å². The van der Waals surface area contributed by atoms with E-state index in [9.17, 15) is 18.0 Å². The Morgan fingerprint density at radius 2 is 2.12 bits per heavy atom. The minimum Gasteiger partial charge on any atom is -0.487 e. The van der Waals surface area contributed by atoms with Crippen molar-refractivity contribution in [1.82, 2.24) is 9.78 Å². The Hall–Kier alpha value is -2.51. The molecule has 1 aromatic heterocycles. The second-order valence-electron chi connectivity index (χ2n) is 6.09. The van der Waals surface area contributed by atoms with Crippen LogP contribution in [0.2, 0.25) is 0 Å². The quantitative estimate of drug-likeness (QED) is 0.850. The van der Waals surface area contributed by atoms with Gasteiger partial charge in [0, 0.05) is 17.3 Å². The molecule has 1 atom stereocenters. The highest BCUT2D eigenvalue weighted by atomic mass is 19.3. The van der Waals surface area contributed by atoms with Crippen molar-refractivity contribution in [2.45, 2.75) is 39.8 Å². The summed E-state index contributed by atoms with van der Waals surface area (Å²) in [6, 6.07) is 3.97. The van der Waals surface area contributed by atoms with E-state index in [2.05, 4.69) is 5.10 Å². The number of hydrogen-bond acceptors (Lipinski definition) is 3. The standard InChI is InChI=1S/C17H18F3N3O2/c1-9-8-22(14-5-4-12(18)6-15(14)25-9)16(24)7-13-10(2)21-23(11(13)3)17(19)20/h4-6,9,17H,7-8H2,1-3H3/t9-/m0/s1. The summed E-state index contributed by atoms with van der Waals surface area (Å²) in [6.45, 7) is 2.44. The average molecular weight is 353 g/mol. The normalized spacial score (nSPS) is 16.8. The van der Waals surface area contributed by atoms with E-state index in [0.29, 0.717) is 33.9 Å². The summed E-state index contributed by atoms with van der Waals surface area (Å²) in [5, 5.41) is 3.80. The van der Waals surface area contributed by atoms with Crippen molar-refractivity contribution in [3.8, 4) is 5.75 Å². The second-order valence-corrected chi connectivity index (χ2v) is 6.09. The van der Waals surface area contributed by atoms with Gasteiger partial charge >= 0.3 is 6.55 Å². The molecular formula is C17H18F3N3O2. The third kappa shape index (κ3) is 3.20. The van der Waals surface area contributed by atoms with Gasteiger partial charge in [0.1, 0.15) is 17.7 Å². The third-order valence-electron chi connectivity index (χ3n) is 4.27. The predicted octanol–water partition coefficient (Wildman–Crippen LogP) is 3.39. The van der Waals surface area contributed by atoms with Gasteiger partial charge in [-0.2, -0.15) is 13.9 Å². The maximum Gasteiger partial charge on any atom is 0.333 e. The SMILES string of the molecule is Cc1nn(C(F)F)c(C)c1CC(=O)N1C[C@H](C)Oc2cc(F)ccc21. The fraction of sp³-hybridized carbons (Fsp3) is 0.412. The van der Waals surface area contributed by atoms with E-state index in [1.54, 1.807) is 13.8 Å². The lowest BCUT2D eigenvalue weighted by Crippen LogP contribution is -2.43. The van der Waals surface area contributed by atoms with Gasteiger partial charge in [-0.05, 0) is 32.9 Å². The molecule has 0 aliphatic carbocycles. The number of rotatable bonds is 3. The Bertz CT molecular complexity index is 820. The number of anilines is 1. The van der Waals surface area contributed by atoms with Gasteiger partial charge in [-0.3, -0.25) is 4.79 Å². The Morgan fingerprint density at radius 3 is 2.76 bits per heavy atom. The number of hydrogen-bond donors (Lipinski definition) is 0. The van der Waals surface area contributed by atoms with Crippen LogP contribution in [0, 0.1) is 19.7 Å². The van der Waals surface area contributed by atoms with Crippen molar-refractivity contribution in [3.05, 3.63) is 41.0 Å². The van der Waals surface area contributed by atoms with Crippen molar-refractivity contribution >= 4 is 11.6 Å². The molecule has 1 aromatic carbocycles. The van der Waals surface area contributed by atoms with E-state index in [1.807, 2.05) is 0 Å². The molecule has 1 amide bonds. The molecule has 1 aliphatic rings. The predicted molar refractivity (Wildman–Crippen MR) is 85.5 cm³/mol. The zero-order valence-corrected chi connectivity index (χ0v) is 14.1. The molecule has 2 aromatic rings. The Kier molecular flexibility index (Phi) is 4.45. The van der Waals surface area contributed by atoms with Crippen molar-refractivity contribution in [3.63, 3.8) is 0 Å². The van der Waals surface area contributed by atoms with Crippen LogP contribution in [0.4, 0.5) is 18.9 Å². The lowest BCUT2D eigenvalue weighted by atomic mass is 10.1. The van der Waals surface area contributed by atoms with Gasteiger partial charge in [-0.15, -0.1) is 0 Å². The topological polar surface area (TPSA) is 47.4 Å². The molecular weight excluding hydrogens is 335 g/mol. The van der Waals surface area contributed by atoms with Gasteiger partial charge in [-0.25, -0.2) is 9.07 Å². The number of alkyl halides is 2. The number of aromatic nitrogens is 2. The van der Waals surface area contributed by atoms with Gasteiger partial charge in [-0.1, -0.05) is 0 Å².